The van der Waals surface area contributed by atoms with Gasteiger partial charge in [-0.2, -0.15) is 0 Å². The lowest BCUT2D eigenvalue weighted by atomic mass is 10.0. The first-order valence-electron chi connectivity index (χ1n) is 8.13. The van der Waals surface area contributed by atoms with Gasteiger partial charge >= 0.3 is 5.97 Å². The molecule has 2 aromatic carbocycles. The van der Waals surface area contributed by atoms with Crippen LogP contribution in [0.25, 0.3) is 10.9 Å². The first-order valence-corrected chi connectivity index (χ1v) is 8.13. The molecule has 3 aromatic rings. The van der Waals surface area contributed by atoms with Crippen LogP contribution in [0.2, 0.25) is 0 Å². The predicted octanol–water partition coefficient (Wildman–Crippen LogP) is 2.56. The molecule has 0 saturated heterocycles. The van der Waals surface area contributed by atoms with Crippen molar-refractivity contribution in [2.75, 3.05) is 7.11 Å². The van der Waals surface area contributed by atoms with Crippen LogP contribution >= 0.6 is 0 Å². The lowest BCUT2D eigenvalue weighted by molar-refractivity contribution is -0.141. The number of rotatable bonds is 5. The van der Waals surface area contributed by atoms with Crippen LogP contribution in [0.3, 0.4) is 0 Å². The van der Waals surface area contributed by atoms with E-state index in [-0.39, 0.29) is 17.4 Å². The second-order valence-corrected chi connectivity index (χ2v) is 5.79. The fourth-order valence-corrected chi connectivity index (χ4v) is 2.76. The van der Waals surface area contributed by atoms with Gasteiger partial charge in [0, 0.05) is 17.1 Å². The van der Waals surface area contributed by atoms with Crippen LogP contribution in [0.1, 0.15) is 28.4 Å². The molecule has 0 saturated carbocycles. The summed E-state index contributed by atoms with van der Waals surface area (Å²) in [6.07, 6.45) is 1.36. The zero-order chi connectivity index (χ0) is 18.5. The number of para-hydroxylation sites is 1. The van der Waals surface area contributed by atoms with Crippen molar-refractivity contribution < 1.29 is 14.3 Å². The van der Waals surface area contributed by atoms with E-state index in [1.807, 2.05) is 18.2 Å². The summed E-state index contributed by atoms with van der Waals surface area (Å²) in [5.41, 5.74) is 1.04. The lowest BCUT2D eigenvalue weighted by Gasteiger charge is -2.18. The minimum absolute atomic E-state index is 0.00510. The standard InChI is InChI=1S/C20H18N2O4/c1-26-18(23)11-17(13-7-3-2-4-8-13)22-20(25)15-12-21-16-10-6-5-9-14(16)19(15)24/h2-10,12,17H,11H2,1H3,(H,21,24)(H,22,25). The van der Waals surface area contributed by atoms with E-state index in [9.17, 15) is 14.4 Å². The van der Waals surface area contributed by atoms with Crippen molar-refractivity contribution in [1.29, 1.82) is 0 Å². The Bertz CT molecular complexity index is 995. The van der Waals surface area contributed by atoms with Crippen molar-refractivity contribution in [1.82, 2.24) is 10.3 Å². The number of hydrogen-bond donors (Lipinski definition) is 2. The van der Waals surface area contributed by atoms with Gasteiger partial charge in [-0.1, -0.05) is 42.5 Å². The maximum absolute atomic E-state index is 12.7. The van der Waals surface area contributed by atoms with E-state index < -0.39 is 17.9 Å². The first kappa shape index (κ1) is 17.4. The minimum Gasteiger partial charge on any atom is -0.469 e. The highest BCUT2D eigenvalue weighted by Gasteiger charge is 2.21. The van der Waals surface area contributed by atoms with Crippen molar-refractivity contribution in [3.8, 4) is 0 Å². The van der Waals surface area contributed by atoms with Gasteiger partial charge < -0.3 is 15.0 Å². The number of aromatic nitrogens is 1. The van der Waals surface area contributed by atoms with Gasteiger partial charge in [0.05, 0.1) is 19.6 Å². The predicted molar refractivity (Wildman–Crippen MR) is 97.9 cm³/mol. The summed E-state index contributed by atoms with van der Waals surface area (Å²) in [4.78, 5) is 39.9. The Balaban J connectivity index is 1.91. The number of benzene rings is 2. The molecular weight excluding hydrogens is 332 g/mol. The number of amides is 1. The van der Waals surface area contributed by atoms with Gasteiger partial charge in [-0.05, 0) is 17.7 Å². The molecule has 1 aromatic heterocycles. The van der Waals surface area contributed by atoms with E-state index in [1.165, 1.54) is 13.3 Å². The molecule has 0 bridgehead atoms. The number of pyridine rings is 1. The molecule has 1 heterocycles. The Morgan fingerprint density at radius 3 is 2.50 bits per heavy atom. The van der Waals surface area contributed by atoms with Crippen LogP contribution in [0.5, 0.6) is 0 Å². The highest BCUT2D eigenvalue weighted by Crippen LogP contribution is 2.18. The van der Waals surface area contributed by atoms with Crippen LogP contribution in [-0.2, 0) is 9.53 Å². The third-order valence-electron chi connectivity index (χ3n) is 4.14. The molecule has 3 rings (SSSR count). The van der Waals surface area contributed by atoms with Crippen LogP contribution in [0.4, 0.5) is 0 Å². The van der Waals surface area contributed by atoms with E-state index in [0.717, 1.165) is 5.56 Å². The second kappa shape index (κ2) is 7.65. The summed E-state index contributed by atoms with van der Waals surface area (Å²) >= 11 is 0. The summed E-state index contributed by atoms with van der Waals surface area (Å²) in [5.74, 6) is -0.999. The summed E-state index contributed by atoms with van der Waals surface area (Å²) < 4.78 is 4.71. The SMILES string of the molecule is COC(=O)CC(NC(=O)c1c[nH]c2ccccc2c1=O)c1ccccc1. The number of carbonyl (C=O) groups is 2. The molecule has 6 nitrogen and oxygen atoms in total. The minimum atomic E-state index is -0.595. The van der Waals surface area contributed by atoms with Gasteiger partial charge in [0.25, 0.3) is 5.91 Å². The Morgan fingerprint density at radius 1 is 1.08 bits per heavy atom. The molecule has 1 amide bonds. The molecule has 0 aliphatic rings. The molecule has 0 fully saturated rings. The number of nitrogens with one attached hydrogen (secondary N) is 2. The Kier molecular flexibility index (Phi) is 5.12. The van der Waals surface area contributed by atoms with Crippen molar-refractivity contribution in [3.05, 3.63) is 82.1 Å². The zero-order valence-electron chi connectivity index (χ0n) is 14.2. The largest absolute Gasteiger partial charge is 0.469 e. The number of hydrogen-bond acceptors (Lipinski definition) is 4. The van der Waals surface area contributed by atoms with Crippen LogP contribution in [0.15, 0.2) is 65.6 Å². The monoisotopic (exact) mass is 350 g/mol. The van der Waals surface area contributed by atoms with Crippen LogP contribution in [0, 0.1) is 0 Å². The van der Waals surface area contributed by atoms with E-state index in [1.54, 1.807) is 36.4 Å². The number of carbonyl (C=O) groups excluding carboxylic acids is 2. The summed E-state index contributed by atoms with van der Waals surface area (Å²) in [6, 6.07) is 15.5. The number of esters is 1. The molecular formula is C20H18N2O4. The molecule has 1 unspecified atom stereocenters. The first-order chi connectivity index (χ1) is 12.6. The lowest BCUT2D eigenvalue weighted by Crippen LogP contribution is -2.33. The molecule has 0 aliphatic carbocycles. The molecule has 26 heavy (non-hydrogen) atoms. The van der Waals surface area contributed by atoms with Crippen molar-refractivity contribution in [2.45, 2.75) is 12.5 Å². The fourth-order valence-electron chi connectivity index (χ4n) is 2.76. The number of ether oxygens (including phenoxy) is 1. The van der Waals surface area contributed by atoms with Gasteiger partial charge in [0.15, 0.2) is 0 Å². The number of methoxy groups -OCH3 is 1. The molecule has 0 aliphatic heterocycles. The summed E-state index contributed by atoms with van der Waals surface area (Å²) in [5, 5.41) is 3.20. The van der Waals surface area contributed by atoms with Crippen molar-refractivity contribution >= 4 is 22.8 Å². The quantitative estimate of drug-likeness (QED) is 0.692. The average molecular weight is 350 g/mol. The maximum atomic E-state index is 12.7. The molecule has 1 atom stereocenters. The third-order valence-corrected chi connectivity index (χ3v) is 4.14. The maximum Gasteiger partial charge on any atom is 0.307 e. The summed E-state index contributed by atoms with van der Waals surface area (Å²) in [7, 11) is 1.29. The van der Waals surface area contributed by atoms with Crippen molar-refractivity contribution in [2.24, 2.45) is 0 Å². The Morgan fingerprint density at radius 2 is 1.77 bits per heavy atom. The molecule has 6 heteroatoms. The van der Waals surface area contributed by atoms with Gasteiger partial charge in [-0.15, -0.1) is 0 Å². The van der Waals surface area contributed by atoms with Gasteiger partial charge in [-0.3, -0.25) is 14.4 Å². The van der Waals surface area contributed by atoms with E-state index in [0.29, 0.717) is 10.9 Å². The average Bonchev–Trinajstić information content (AvgIpc) is 2.68. The number of fused-ring (bicyclic) bond motifs is 1. The number of H-pyrrole nitrogens is 1. The molecule has 2 N–H and O–H groups in total. The Hall–Kier alpha value is -3.41. The Labute approximate surface area is 149 Å². The van der Waals surface area contributed by atoms with Crippen LogP contribution < -0.4 is 10.7 Å². The van der Waals surface area contributed by atoms with E-state index in [4.69, 9.17) is 4.74 Å². The van der Waals surface area contributed by atoms with E-state index >= 15 is 0 Å². The van der Waals surface area contributed by atoms with Gasteiger partial charge in [0.1, 0.15) is 5.56 Å². The second-order valence-electron chi connectivity index (χ2n) is 5.79. The molecule has 132 valence electrons. The van der Waals surface area contributed by atoms with Crippen molar-refractivity contribution in [3.63, 3.8) is 0 Å². The van der Waals surface area contributed by atoms with E-state index in [2.05, 4.69) is 10.3 Å². The van der Waals surface area contributed by atoms with Gasteiger partial charge in [-0.25, -0.2) is 0 Å². The smallest absolute Gasteiger partial charge is 0.307 e. The highest BCUT2D eigenvalue weighted by molar-refractivity contribution is 5.97. The fraction of sp³-hybridized carbons (Fsp3) is 0.150. The molecule has 0 radical (unpaired) electrons. The highest BCUT2D eigenvalue weighted by atomic mass is 16.5. The topological polar surface area (TPSA) is 88.3 Å². The number of aromatic amines is 1. The van der Waals surface area contributed by atoms with Gasteiger partial charge in [0.2, 0.25) is 5.43 Å². The summed E-state index contributed by atoms with van der Waals surface area (Å²) in [6.45, 7) is 0. The zero-order valence-corrected chi connectivity index (χ0v) is 14.2. The van der Waals surface area contributed by atoms with Crippen LogP contribution in [-0.4, -0.2) is 24.0 Å². The molecule has 0 spiro atoms. The third kappa shape index (κ3) is 3.64. The normalized spacial score (nSPS) is 11.7.